The molecule has 0 aliphatic carbocycles. The Morgan fingerprint density at radius 1 is 1.38 bits per heavy atom. The number of nitro benzene ring substituents is 1. The molecule has 0 aliphatic heterocycles. The van der Waals surface area contributed by atoms with Crippen molar-refractivity contribution in [2.45, 2.75) is 13.0 Å². The Balaban J connectivity index is 2.91. The second-order valence-corrected chi connectivity index (χ2v) is 4.43. The fourth-order valence-corrected chi connectivity index (χ4v) is 1.94. The first-order valence-electron chi connectivity index (χ1n) is 6.52. The van der Waals surface area contributed by atoms with Crippen molar-refractivity contribution in [3.8, 4) is 11.8 Å². The predicted octanol–water partition coefficient (Wildman–Crippen LogP) is 1.97. The zero-order chi connectivity index (χ0) is 15.7. The molecule has 0 fully saturated rings. The number of non-ortho nitro benzene ring substituents is 1. The van der Waals surface area contributed by atoms with Crippen molar-refractivity contribution in [3.63, 3.8) is 0 Å². The SMILES string of the molecule is COCCN(CCC#N)Cc1cc([N+](=O)[O-])ccc1OC. The molecule has 1 aromatic carbocycles. The van der Waals surface area contributed by atoms with Crippen LogP contribution < -0.4 is 4.74 Å². The summed E-state index contributed by atoms with van der Waals surface area (Å²) in [6.45, 7) is 2.22. The summed E-state index contributed by atoms with van der Waals surface area (Å²) in [5.41, 5.74) is 0.749. The van der Waals surface area contributed by atoms with E-state index in [0.717, 1.165) is 5.56 Å². The highest BCUT2D eigenvalue weighted by molar-refractivity contribution is 5.43. The molecule has 114 valence electrons. The molecule has 0 unspecified atom stereocenters. The van der Waals surface area contributed by atoms with Gasteiger partial charge in [-0.1, -0.05) is 0 Å². The van der Waals surface area contributed by atoms with Gasteiger partial charge in [0.25, 0.3) is 5.69 Å². The van der Waals surface area contributed by atoms with Crippen molar-refractivity contribution in [3.05, 3.63) is 33.9 Å². The molecule has 0 radical (unpaired) electrons. The molecule has 0 saturated heterocycles. The molecule has 21 heavy (non-hydrogen) atoms. The van der Waals surface area contributed by atoms with Gasteiger partial charge in [-0.15, -0.1) is 0 Å². The Kier molecular flexibility index (Phi) is 7.15. The normalized spacial score (nSPS) is 10.4. The van der Waals surface area contributed by atoms with Crippen LogP contribution in [0.1, 0.15) is 12.0 Å². The fraction of sp³-hybridized carbons (Fsp3) is 0.500. The average Bonchev–Trinajstić information content (AvgIpc) is 2.49. The van der Waals surface area contributed by atoms with Gasteiger partial charge >= 0.3 is 0 Å². The molecule has 1 aromatic rings. The number of nitrogens with zero attached hydrogens (tertiary/aromatic N) is 3. The van der Waals surface area contributed by atoms with Crippen LogP contribution in [0.4, 0.5) is 5.69 Å². The van der Waals surface area contributed by atoms with E-state index in [4.69, 9.17) is 14.7 Å². The van der Waals surface area contributed by atoms with Gasteiger partial charge < -0.3 is 9.47 Å². The van der Waals surface area contributed by atoms with Gasteiger partial charge in [0.2, 0.25) is 0 Å². The molecule has 7 heteroatoms. The highest BCUT2D eigenvalue weighted by Crippen LogP contribution is 2.25. The first-order valence-corrected chi connectivity index (χ1v) is 6.52. The first kappa shape index (κ1) is 16.9. The molecule has 0 N–H and O–H groups in total. The van der Waals surface area contributed by atoms with Crippen LogP contribution in [0.15, 0.2) is 18.2 Å². The van der Waals surface area contributed by atoms with Crippen LogP contribution in [0.5, 0.6) is 5.75 Å². The largest absolute Gasteiger partial charge is 0.496 e. The molecular weight excluding hydrogens is 274 g/mol. The predicted molar refractivity (Wildman–Crippen MR) is 77.0 cm³/mol. The number of nitriles is 1. The van der Waals surface area contributed by atoms with E-state index in [1.165, 1.54) is 19.2 Å². The average molecular weight is 293 g/mol. The fourth-order valence-electron chi connectivity index (χ4n) is 1.94. The van der Waals surface area contributed by atoms with Crippen LogP contribution in [-0.2, 0) is 11.3 Å². The van der Waals surface area contributed by atoms with E-state index in [-0.39, 0.29) is 5.69 Å². The van der Waals surface area contributed by atoms with Crippen LogP contribution in [0.3, 0.4) is 0 Å². The smallest absolute Gasteiger partial charge is 0.270 e. The Labute approximate surface area is 123 Å². The van der Waals surface area contributed by atoms with E-state index in [9.17, 15) is 10.1 Å². The van der Waals surface area contributed by atoms with Crippen LogP contribution in [0.2, 0.25) is 0 Å². The maximum Gasteiger partial charge on any atom is 0.270 e. The molecule has 1 rings (SSSR count). The van der Waals surface area contributed by atoms with Crippen LogP contribution in [0.25, 0.3) is 0 Å². The lowest BCUT2D eigenvalue weighted by atomic mass is 10.1. The monoisotopic (exact) mass is 293 g/mol. The molecule has 0 bridgehead atoms. The zero-order valence-electron chi connectivity index (χ0n) is 12.2. The van der Waals surface area contributed by atoms with E-state index >= 15 is 0 Å². The van der Waals surface area contributed by atoms with Crippen molar-refractivity contribution >= 4 is 5.69 Å². The maximum absolute atomic E-state index is 10.9. The van der Waals surface area contributed by atoms with E-state index in [1.54, 1.807) is 13.2 Å². The van der Waals surface area contributed by atoms with E-state index in [2.05, 4.69) is 6.07 Å². The van der Waals surface area contributed by atoms with Crippen molar-refractivity contribution < 1.29 is 14.4 Å². The lowest BCUT2D eigenvalue weighted by Crippen LogP contribution is -2.28. The molecule has 7 nitrogen and oxygen atoms in total. The summed E-state index contributed by atoms with van der Waals surface area (Å²) in [6.07, 6.45) is 0.390. The van der Waals surface area contributed by atoms with Crippen molar-refractivity contribution in [1.82, 2.24) is 4.90 Å². The van der Waals surface area contributed by atoms with Gasteiger partial charge in [0.1, 0.15) is 5.75 Å². The summed E-state index contributed by atoms with van der Waals surface area (Å²) in [5, 5.41) is 19.6. The third kappa shape index (κ3) is 5.38. The highest BCUT2D eigenvalue weighted by Gasteiger charge is 2.14. The Hall–Kier alpha value is -2.17. The summed E-state index contributed by atoms with van der Waals surface area (Å²) in [6, 6.07) is 6.60. The van der Waals surface area contributed by atoms with Crippen molar-refractivity contribution in [2.75, 3.05) is 33.9 Å². The minimum Gasteiger partial charge on any atom is -0.496 e. The second kappa shape index (κ2) is 8.89. The van der Waals surface area contributed by atoms with Gasteiger partial charge in [0, 0.05) is 50.9 Å². The molecule has 0 spiro atoms. The van der Waals surface area contributed by atoms with Gasteiger partial charge in [-0.2, -0.15) is 5.26 Å². The summed E-state index contributed by atoms with van der Waals surface area (Å²) >= 11 is 0. The second-order valence-electron chi connectivity index (χ2n) is 4.43. The molecule has 0 atom stereocenters. The van der Waals surface area contributed by atoms with Crippen molar-refractivity contribution in [1.29, 1.82) is 5.26 Å². The lowest BCUT2D eigenvalue weighted by Gasteiger charge is -2.21. The number of hydrogen-bond acceptors (Lipinski definition) is 6. The number of hydrogen-bond donors (Lipinski definition) is 0. The maximum atomic E-state index is 10.9. The summed E-state index contributed by atoms with van der Waals surface area (Å²) in [7, 11) is 3.13. The Morgan fingerprint density at radius 3 is 2.71 bits per heavy atom. The quantitative estimate of drug-likeness (QED) is 0.511. The zero-order valence-corrected chi connectivity index (χ0v) is 12.2. The van der Waals surface area contributed by atoms with Crippen molar-refractivity contribution in [2.24, 2.45) is 0 Å². The third-order valence-electron chi connectivity index (χ3n) is 3.02. The Morgan fingerprint density at radius 2 is 2.14 bits per heavy atom. The van der Waals surface area contributed by atoms with Gasteiger partial charge in [0.15, 0.2) is 0 Å². The molecule has 0 aliphatic rings. The number of methoxy groups -OCH3 is 2. The van der Waals surface area contributed by atoms with Gasteiger partial charge in [-0.25, -0.2) is 0 Å². The van der Waals surface area contributed by atoms with Gasteiger partial charge in [-0.3, -0.25) is 15.0 Å². The molecule has 0 amide bonds. The first-order chi connectivity index (χ1) is 10.1. The molecule has 0 aromatic heterocycles. The summed E-state index contributed by atoms with van der Waals surface area (Å²) in [5.74, 6) is 0.597. The minimum absolute atomic E-state index is 0.0257. The minimum atomic E-state index is -0.433. The molecule has 0 heterocycles. The van der Waals surface area contributed by atoms with Crippen LogP contribution in [-0.4, -0.2) is 43.7 Å². The molecule has 0 saturated carbocycles. The molecular formula is C14H19N3O4. The standard InChI is InChI=1S/C14H19N3O4/c1-20-9-8-16(7-3-6-15)11-12-10-13(17(18)19)4-5-14(12)21-2/h4-5,10H,3,7-9,11H2,1-2H3. The van der Waals surface area contributed by atoms with E-state index in [0.29, 0.717) is 38.4 Å². The van der Waals surface area contributed by atoms with E-state index < -0.39 is 4.92 Å². The summed E-state index contributed by atoms with van der Waals surface area (Å²) in [4.78, 5) is 12.4. The lowest BCUT2D eigenvalue weighted by molar-refractivity contribution is -0.385. The summed E-state index contributed by atoms with van der Waals surface area (Å²) < 4.78 is 10.3. The number of rotatable bonds is 9. The van der Waals surface area contributed by atoms with Gasteiger partial charge in [-0.05, 0) is 6.07 Å². The van der Waals surface area contributed by atoms with Crippen LogP contribution >= 0.6 is 0 Å². The topological polar surface area (TPSA) is 88.6 Å². The van der Waals surface area contributed by atoms with E-state index in [1.807, 2.05) is 4.90 Å². The number of benzene rings is 1. The van der Waals surface area contributed by atoms with Gasteiger partial charge in [0.05, 0.1) is 24.7 Å². The van der Waals surface area contributed by atoms with Crippen LogP contribution in [0, 0.1) is 21.4 Å². The third-order valence-corrected chi connectivity index (χ3v) is 3.02. The Bertz CT molecular complexity index is 513. The number of nitro groups is 1. The number of ether oxygens (including phenoxy) is 2. The highest BCUT2D eigenvalue weighted by atomic mass is 16.6.